The molecule has 4 aromatic rings. The van der Waals surface area contributed by atoms with Crippen LogP contribution >= 0.6 is 34.5 Å². The number of benzene rings is 3. The van der Waals surface area contributed by atoms with Crippen LogP contribution in [0.25, 0.3) is 16.0 Å². The van der Waals surface area contributed by atoms with E-state index in [0.717, 1.165) is 11.1 Å². The van der Waals surface area contributed by atoms with Gasteiger partial charge < -0.3 is 14.6 Å². The molecule has 1 aliphatic rings. The van der Waals surface area contributed by atoms with E-state index < -0.39 is 17.7 Å². The van der Waals surface area contributed by atoms with Crippen molar-refractivity contribution in [3.63, 3.8) is 0 Å². The SMILES string of the molecule is CCOc1cc(C2/C(=C(\O)c3ccc(Cl)cc3)C(=O)C(=O)N2c2nc3ccc(Cl)cc3s2)ccc1OCCC(C)C. The summed E-state index contributed by atoms with van der Waals surface area (Å²) in [7, 11) is 0. The number of ketones is 1. The average Bonchev–Trinajstić information content (AvgIpc) is 3.47. The minimum Gasteiger partial charge on any atom is -0.507 e. The fourth-order valence-corrected chi connectivity index (χ4v) is 5.98. The molecule has 5 rings (SSSR count). The van der Waals surface area contributed by atoms with E-state index in [0.29, 0.717) is 62.5 Å². The summed E-state index contributed by atoms with van der Waals surface area (Å²) in [6.45, 7) is 7.00. The largest absolute Gasteiger partial charge is 0.507 e. The molecule has 1 aliphatic heterocycles. The molecular weight excluding hydrogens is 583 g/mol. The van der Waals surface area contributed by atoms with Crippen LogP contribution in [0.15, 0.2) is 66.2 Å². The minimum absolute atomic E-state index is 0.0643. The Morgan fingerprint density at radius 3 is 2.44 bits per heavy atom. The van der Waals surface area contributed by atoms with Gasteiger partial charge in [0.15, 0.2) is 16.6 Å². The van der Waals surface area contributed by atoms with Crippen molar-refractivity contribution in [2.75, 3.05) is 18.1 Å². The summed E-state index contributed by atoms with van der Waals surface area (Å²) in [5.41, 5.74) is 1.48. The third-order valence-electron chi connectivity index (χ3n) is 6.64. The van der Waals surface area contributed by atoms with Gasteiger partial charge in [-0.3, -0.25) is 14.5 Å². The molecule has 0 spiro atoms. The molecule has 1 aromatic heterocycles. The third kappa shape index (κ3) is 5.91. The number of hydrogen-bond acceptors (Lipinski definition) is 7. The lowest BCUT2D eigenvalue weighted by Crippen LogP contribution is -2.29. The van der Waals surface area contributed by atoms with Gasteiger partial charge in [-0.1, -0.05) is 54.5 Å². The standard InChI is InChI=1S/C31H28Cl2N2O5S/c1-4-39-24-15-19(7-12-23(24)40-14-13-17(2)3)27-26(28(36)18-5-8-20(32)9-6-18)29(37)30(38)35(27)31-34-22-11-10-21(33)16-25(22)41-31/h5-12,15-17,27,36H,4,13-14H2,1-3H3/b28-26+. The molecular formula is C31H28Cl2N2O5S. The highest BCUT2D eigenvalue weighted by atomic mass is 35.5. The lowest BCUT2D eigenvalue weighted by atomic mass is 9.95. The van der Waals surface area contributed by atoms with E-state index in [-0.39, 0.29) is 11.3 Å². The van der Waals surface area contributed by atoms with E-state index >= 15 is 0 Å². The predicted octanol–water partition coefficient (Wildman–Crippen LogP) is 8.05. The minimum atomic E-state index is -0.981. The Balaban J connectivity index is 1.67. The van der Waals surface area contributed by atoms with Gasteiger partial charge >= 0.3 is 5.91 Å². The molecule has 41 heavy (non-hydrogen) atoms. The van der Waals surface area contributed by atoms with Gasteiger partial charge in [0.2, 0.25) is 0 Å². The van der Waals surface area contributed by atoms with Crippen LogP contribution in [0.2, 0.25) is 10.0 Å². The van der Waals surface area contributed by atoms with E-state index in [4.69, 9.17) is 32.7 Å². The monoisotopic (exact) mass is 610 g/mol. The number of halogens is 2. The second-order valence-corrected chi connectivity index (χ2v) is 11.8. The van der Waals surface area contributed by atoms with Crippen molar-refractivity contribution < 1.29 is 24.2 Å². The summed E-state index contributed by atoms with van der Waals surface area (Å²) < 4.78 is 12.7. The number of carbonyl (C=O) groups is 2. The van der Waals surface area contributed by atoms with E-state index in [1.165, 1.54) is 16.2 Å². The summed E-state index contributed by atoms with van der Waals surface area (Å²) >= 11 is 13.5. The second-order valence-electron chi connectivity index (χ2n) is 9.95. The molecule has 7 nitrogen and oxygen atoms in total. The molecule has 10 heteroatoms. The molecule has 212 valence electrons. The number of fused-ring (bicyclic) bond motifs is 1. The van der Waals surface area contributed by atoms with Crippen LogP contribution in [0.5, 0.6) is 11.5 Å². The first kappa shape index (κ1) is 28.9. The Hall–Kier alpha value is -3.59. The molecule has 1 N–H and O–H groups in total. The average molecular weight is 612 g/mol. The van der Waals surface area contributed by atoms with Crippen molar-refractivity contribution in [2.45, 2.75) is 33.2 Å². The molecule has 0 bridgehead atoms. The van der Waals surface area contributed by atoms with Gasteiger partial charge in [0.05, 0.1) is 35.0 Å². The van der Waals surface area contributed by atoms with Crippen molar-refractivity contribution in [1.29, 1.82) is 0 Å². The molecule has 2 heterocycles. The van der Waals surface area contributed by atoms with Crippen molar-refractivity contribution in [2.24, 2.45) is 5.92 Å². The number of aromatic nitrogens is 1. The number of Topliss-reactive ketones (excluding diaryl/α,β-unsaturated/α-hetero) is 1. The van der Waals surface area contributed by atoms with Crippen LogP contribution in [-0.4, -0.2) is 35.0 Å². The number of aliphatic hydroxyl groups is 1. The first-order valence-corrected chi connectivity index (χ1v) is 14.8. The molecule has 1 atom stereocenters. The summed E-state index contributed by atoms with van der Waals surface area (Å²) in [6, 6.07) is 15.9. The van der Waals surface area contributed by atoms with Crippen molar-refractivity contribution >= 4 is 67.3 Å². The maximum Gasteiger partial charge on any atom is 0.301 e. The van der Waals surface area contributed by atoms with Gasteiger partial charge in [-0.15, -0.1) is 0 Å². The zero-order valence-corrected chi connectivity index (χ0v) is 25.0. The van der Waals surface area contributed by atoms with Crippen LogP contribution in [0.1, 0.15) is 44.4 Å². The van der Waals surface area contributed by atoms with Gasteiger partial charge in [0, 0.05) is 15.6 Å². The Morgan fingerprint density at radius 2 is 1.73 bits per heavy atom. The van der Waals surface area contributed by atoms with Gasteiger partial charge in [-0.05, 0) is 79.4 Å². The zero-order chi connectivity index (χ0) is 29.3. The summed E-state index contributed by atoms with van der Waals surface area (Å²) in [6.07, 6.45) is 0.871. The van der Waals surface area contributed by atoms with Crippen LogP contribution in [0, 0.1) is 5.92 Å². The normalized spacial score (nSPS) is 16.6. The van der Waals surface area contributed by atoms with Crippen molar-refractivity contribution in [1.82, 2.24) is 4.98 Å². The number of hydrogen-bond donors (Lipinski definition) is 1. The Labute approximate surface area is 251 Å². The fourth-order valence-electron chi connectivity index (χ4n) is 4.58. The highest BCUT2D eigenvalue weighted by Gasteiger charge is 2.48. The predicted molar refractivity (Wildman–Crippen MR) is 163 cm³/mol. The zero-order valence-electron chi connectivity index (χ0n) is 22.7. The van der Waals surface area contributed by atoms with Gasteiger partial charge in [-0.2, -0.15) is 0 Å². The lowest BCUT2D eigenvalue weighted by Gasteiger charge is -2.24. The molecule has 0 radical (unpaired) electrons. The number of amides is 1. The van der Waals surface area contributed by atoms with Crippen LogP contribution in [-0.2, 0) is 9.59 Å². The maximum atomic E-state index is 13.6. The molecule has 1 saturated heterocycles. The quantitative estimate of drug-likeness (QED) is 0.117. The van der Waals surface area contributed by atoms with Crippen LogP contribution in [0.4, 0.5) is 5.13 Å². The number of aliphatic hydroxyl groups excluding tert-OH is 1. The Morgan fingerprint density at radius 1 is 1.00 bits per heavy atom. The molecule has 0 saturated carbocycles. The van der Waals surface area contributed by atoms with Gasteiger partial charge in [0.1, 0.15) is 5.76 Å². The highest BCUT2D eigenvalue weighted by Crippen LogP contribution is 2.46. The van der Waals surface area contributed by atoms with Gasteiger partial charge in [-0.25, -0.2) is 4.98 Å². The van der Waals surface area contributed by atoms with Crippen molar-refractivity contribution in [3.05, 3.63) is 87.4 Å². The van der Waals surface area contributed by atoms with Crippen molar-refractivity contribution in [3.8, 4) is 11.5 Å². The summed E-state index contributed by atoms with van der Waals surface area (Å²) in [5.74, 6) is -0.434. The number of thiazole rings is 1. The smallest absolute Gasteiger partial charge is 0.301 e. The lowest BCUT2D eigenvalue weighted by molar-refractivity contribution is -0.132. The second kappa shape index (κ2) is 12.1. The molecule has 1 amide bonds. The molecule has 1 unspecified atom stereocenters. The number of rotatable bonds is 9. The number of carbonyl (C=O) groups excluding carboxylic acids is 2. The maximum absolute atomic E-state index is 13.6. The summed E-state index contributed by atoms with van der Waals surface area (Å²) in [5, 5.41) is 12.7. The van der Waals surface area contributed by atoms with Crippen LogP contribution in [0.3, 0.4) is 0 Å². The molecule has 3 aromatic carbocycles. The van der Waals surface area contributed by atoms with E-state index in [2.05, 4.69) is 18.8 Å². The molecule has 0 aliphatic carbocycles. The van der Waals surface area contributed by atoms with E-state index in [1.807, 2.05) is 6.92 Å². The Kier molecular flexibility index (Phi) is 8.54. The van der Waals surface area contributed by atoms with E-state index in [9.17, 15) is 14.7 Å². The topological polar surface area (TPSA) is 89.0 Å². The first-order valence-electron chi connectivity index (χ1n) is 13.2. The Bertz CT molecular complexity index is 1650. The number of ether oxygens (including phenoxy) is 2. The first-order chi connectivity index (χ1) is 19.7. The third-order valence-corrected chi connectivity index (χ3v) is 8.15. The summed E-state index contributed by atoms with van der Waals surface area (Å²) in [4.78, 5) is 33.2. The number of anilines is 1. The molecule has 1 fully saturated rings. The highest BCUT2D eigenvalue weighted by molar-refractivity contribution is 7.22. The van der Waals surface area contributed by atoms with Gasteiger partial charge in [0.25, 0.3) is 5.78 Å². The van der Waals surface area contributed by atoms with E-state index in [1.54, 1.807) is 60.7 Å². The fraction of sp³-hybridized carbons (Fsp3) is 0.258. The van der Waals surface area contributed by atoms with Crippen LogP contribution < -0.4 is 14.4 Å². The number of nitrogens with zero attached hydrogens (tertiary/aromatic N) is 2.